The zero-order valence-electron chi connectivity index (χ0n) is 14.5. The maximum atomic E-state index is 10.3. The molecule has 1 amide bonds. The molecule has 26 heavy (non-hydrogen) atoms. The van der Waals surface area contributed by atoms with Crippen LogP contribution in [0.5, 0.6) is 5.75 Å². The van der Waals surface area contributed by atoms with Gasteiger partial charge in [0.05, 0.1) is 6.54 Å². The Kier molecular flexibility index (Phi) is 7.76. The molecule has 4 nitrogen and oxygen atoms in total. The third-order valence-electron chi connectivity index (χ3n) is 4.72. The van der Waals surface area contributed by atoms with Crippen molar-refractivity contribution in [3.05, 3.63) is 64.2 Å². The van der Waals surface area contributed by atoms with Gasteiger partial charge in [-0.2, -0.15) is 0 Å². The Balaban J connectivity index is 0.00000243. The Bertz CT molecular complexity index is 740. The van der Waals surface area contributed by atoms with E-state index in [4.69, 9.17) is 22.1 Å². The summed E-state index contributed by atoms with van der Waals surface area (Å²) in [4.78, 5) is 10.3. The number of nitrogens with two attached hydrogens (primary N) is 1. The highest BCUT2D eigenvalue weighted by atomic mass is 35.5. The highest BCUT2D eigenvalue weighted by molar-refractivity contribution is 6.30. The molecule has 2 atom stereocenters. The molecular weight excluding hydrogens is 371 g/mol. The standard InChI is InChI=1S/C20H23ClN2O2.ClH/c21-16-3-1-2-14(10-16)11-19-18-12-17(25-9-8-23-13-24)6-4-15(18)5-7-20(19)22;/h1-4,6,10,12-13,19-20H,5,7-9,11,22H2,(H,23,24);1H. The van der Waals surface area contributed by atoms with Gasteiger partial charge in [0.25, 0.3) is 0 Å². The van der Waals surface area contributed by atoms with Gasteiger partial charge in [0.2, 0.25) is 6.41 Å². The smallest absolute Gasteiger partial charge is 0.207 e. The molecule has 1 aliphatic rings. The molecule has 0 heterocycles. The normalized spacial score (nSPS) is 18.4. The molecule has 2 unspecified atom stereocenters. The van der Waals surface area contributed by atoms with Crippen molar-refractivity contribution < 1.29 is 9.53 Å². The number of hydrogen-bond donors (Lipinski definition) is 2. The fourth-order valence-corrected chi connectivity index (χ4v) is 3.67. The Labute approximate surface area is 165 Å². The number of nitrogens with one attached hydrogen (secondary N) is 1. The molecule has 6 heteroatoms. The molecule has 0 aromatic heterocycles. The average Bonchev–Trinajstić information content (AvgIpc) is 2.61. The topological polar surface area (TPSA) is 64.3 Å². The van der Waals surface area contributed by atoms with Crippen LogP contribution in [0.4, 0.5) is 0 Å². The van der Waals surface area contributed by atoms with Gasteiger partial charge in [0.1, 0.15) is 12.4 Å². The van der Waals surface area contributed by atoms with Crippen LogP contribution >= 0.6 is 24.0 Å². The van der Waals surface area contributed by atoms with Crippen LogP contribution in [-0.4, -0.2) is 25.6 Å². The second-order valence-electron chi connectivity index (χ2n) is 6.42. The summed E-state index contributed by atoms with van der Waals surface area (Å²) in [6, 6.07) is 14.3. The number of halogens is 2. The number of benzene rings is 2. The molecule has 0 spiro atoms. The Morgan fingerprint density at radius 3 is 2.88 bits per heavy atom. The van der Waals surface area contributed by atoms with Gasteiger partial charge in [-0.15, -0.1) is 12.4 Å². The van der Waals surface area contributed by atoms with Crippen LogP contribution in [0, 0.1) is 0 Å². The van der Waals surface area contributed by atoms with E-state index in [1.807, 2.05) is 24.3 Å². The van der Waals surface area contributed by atoms with Crippen LogP contribution in [0.2, 0.25) is 5.02 Å². The first-order chi connectivity index (χ1) is 12.2. The summed E-state index contributed by atoms with van der Waals surface area (Å²) < 4.78 is 5.74. The monoisotopic (exact) mass is 394 g/mol. The number of amides is 1. The van der Waals surface area contributed by atoms with Crippen LogP contribution in [0.15, 0.2) is 42.5 Å². The molecule has 2 aromatic carbocycles. The summed E-state index contributed by atoms with van der Waals surface area (Å²) in [5.74, 6) is 1.07. The van der Waals surface area contributed by atoms with Crippen molar-refractivity contribution in [3.8, 4) is 5.75 Å². The summed E-state index contributed by atoms with van der Waals surface area (Å²) in [6.07, 6.45) is 3.53. The van der Waals surface area contributed by atoms with E-state index < -0.39 is 0 Å². The van der Waals surface area contributed by atoms with Gasteiger partial charge in [0, 0.05) is 17.0 Å². The largest absolute Gasteiger partial charge is 0.492 e. The quantitative estimate of drug-likeness (QED) is 0.557. The number of carbonyl (C=O) groups excluding carboxylic acids is 1. The van der Waals surface area contributed by atoms with E-state index in [1.54, 1.807) is 0 Å². The molecule has 0 radical (unpaired) electrons. The van der Waals surface area contributed by atoms with E-state index in [1.165, 1.54) is 16.7 Å². The van der Waals surface area contributed by atoms with E-state index in [-0.39, 0.29) is 24.4 Å². The summed E-state index contributed by atoms with van der Waals surface area (Å²) in [5, 5.41) is 3.35. The summed E-state index contributed by atoms with van der Waals surface area (Å²) >= 11 is 6.13. The van der Waals surface area contributed by atoms with Crippen molar-refractivity contribution in [2.75, 3.05) is 13.2 Å². The Morgan fingerprint density at radius 2 is 2.12 bits per heavy atom. The van der Waals surface area contributed by atoms with E-state index >= 15 is 0 Å². The van der Waals surface area contributed by atoms with E-state index in [9.17, 15) is 4.79 Å². The van der Waals surface area contributed by atoms with Crippen LogP contribution in [0.1, 0.15) is 29.0 Å². The zero-order valence-corrected chi connectivity index (χ0v) is 16.1. The van der Waals surface area contributed by atoms with Crippen LogP contribution < -0.4 is 15.8 Å². The predicted molar refractivity (Wildman–Crippen MR) is 107 cm³/mol. The summed E-state index contributed by atoms with van der Waals surface area (Å²) in [7, 11) is 0. The molecular formula is C20H24Cl2N2O2. The second kappa shape index (κ2) is 9.81. The van der Waals surface area contributed by atoms with E-state index in [0.717, 1.165) is 30.0 Å². The third kappa shape index (κ3) is 5.13. The number of hydrogen-bond acceptors (Lipinski definition) is 3. The van der Waals surface area contributed by atoms with E-state index in [2.05, 4.69) is 23.5 Å². The predicted octanol–water partition coefficient (Wildman–Crippen LogP) is 3.49. The number of aryl methyl sites for hydroxylation is 1. The van der Waals surface area contributed by atoms with Crippen molar-refractivity contribution in [1.82, 2.24) is 5.32 Å². The zero-order chi connectivity index (χ0) is 17.6. The minimum atomic E-state index is 0. The van der Waals surface area contributed by atoms with Crippen molar-refractivity contribution in [1.29, 1.82) is 0 Å². The number of carbonyl (C=O) groups is 1. The first-order valence-corrected chi connectivity index (χ1v) is 8.98. The molecule has 0 saturated carbocycles. The van der Waals surface area contributed by atoms with Crippen LogP contribution in [0.3, 0.4) is 0 Å². The highest BCUT2D eigenvalue weighted by Gasteiger charge is 2.27. The van der Waals surface area contributed by atoms with Gasteiger partial charge < -0.3 is 15.8 Å². The fourth-order valence-electron chi connectivity index (χ4n) is 3.46. The molecule has 0 fully saturated rings. The minimum absolute atomic E-state index is 0. The van der Waals surface area contributed by atoms with Crippen LogP contribution in [0.25, 0.3) is 0 Å². The fraction of sp³-hybridized carbons (Fsp3) is 0.350. The van der Waals surface area contributed by atoms with Crippen molar-refractivity contribution in [3.63, 3.8) is 0 Å². The molecule has 0 aliphatic heterocycles. The first-order valence-electron chi connectivity index (χ1n) is 8.60. The number of rotatable bonds is 7. The summed E-state index contributed by atoms with van der Waals surface area (Å²) in [6.45, 7) is 0.939. The molecule has 1 aliphatic carbocycles. The third-order valence-corrected chi connectivity index (χ3v) is 4.96. The first kappa shape index (κ1) is 20.6. The SMILES string of the molecule is Cl.NC1CCc2ccc(OCCNC=O)cc2C1Cc1cccc(Cl)c1. The van der Waals surface area contributed by atoms with Crippen LogP contribution in [-0.2, 0) is 17.6 Å². The van der Waals surface area contributed by atoms with Gasteiger partial charge in [-0.05, 0) is 60.2 Å². The summed E-state index contributed by atoms with van der Waals surface area (Å²) in [5.41, 5.74) is 10.2. The molecule has 0 saturated heterocycles. The average molecular weight is 395 g/mol. The minimum Gasteiger partial charge on any atom is -0.492 e. The van der Waals surface area contributed by atoms with Gasteiger partial charge in [-0.25, -0.2) is 0 Å². The number of fused-ring (bicyclic) bond motifs is 1. The van der Waals surface area contributed by atoms with Crippen molar-refractivity contribution in [2.24, 2.45) is 5.73 Å². The molecule has 2 aromatic rings. The molecule has 3 N–H and O–H groups in total. The lowest BCUT2D eigenvalue weighted by Gasteiger charge is -2.32. The highest BCUT2D eigenvalue weighted by Crippen LogP contribution is 2.36. The maximum absolute atomic E-state index is 10.3. The van der Waals surface area contributed by atoms with E-state index in [0.29, 0.717) is 19.6 Å². The van der Waals surface area contributed by atoms with Gasteiger partial charge >= 0.3 is 0 Å². The molecule has 0 bridgehead atoms. The molecule has 140 valence electrons. The maximum Gasteiger partial charge on any atom is 0.207 e. The van der Waals surface area contributed by atoms with Gasteiger partial charge in [-0.1, -0.05) is 29.8 Å². The molecule has 3 rings (SSSR count). The lowest BCUT2D eigenvalue weighted by molar-refractivity contribution is -0.109. The van der Waals surface area contributed by atoms with Gasteiger partial charge in [0.15, 0.2) is 0 Å². The number of ether oxygens (including phenoxy) is 1. The Hall–Kier alpha value is -1.75. The second-order valence-corrected chi connectivity index (χ2v) is 6.86. The lowest BCUT2D eigenvalue weighted by atomic mass is 9.76. The van der Waals surface area contributed by atoms with Crippen molar-refractivity contribution in [2.45, 2.75) is 31.2 Å². The van der Waals surface area contributed by atoms with Crippen molar-refractivity contribution >= 4 is 30.4 Å². The lowest BCUT2D eigenvalue weighted by Crippen LogP contribution is -2.34. The van der Waals surface area contributed by atoms with Gasteiger partial charge in [-0.3, -0.25) is 4.79 Å². The Morgan fingerprint density at radius 1 is 1.27 bits per heavy atom.